The lowest BCUT2D eigenvalue weighted by Gasteiger charge is -2.12. The minimum absolute atomic E-state index is 0.146. The fourth-order valence-electron chi connectivity index (χ4n) is 5.03. The Morgan fingerprint density at radius 2 is 1.83 bits per heavy atom. The maximum absolute atomic E-state index is 13.1. The van der Waals surface area contributed by atoms with E-state index in [1.807, 2.05) is 30.5 Å². The Kier molecular flexibility index (Phi) is 9.31. The molecule has 0 saturated carbocycles. The third kappa shape index (κ3) is 6.60. The fraction of sp³-hybridized carbons (Fsp3) is 0.323. The standard InChI is InChI=1S/C31H33N3O5S2/c1-3-39-31(37)28-23-9-5-7-11-25(23)41-30(28)33-27(35)19-40-26-18-34(24-10-6-4-8-22(24)26)17-16-32-29(36)20-12-14-21(38-2)15-13-20/h4,6,8,10,12-15,18H,3,5,7,9,11,16-17,19H2,1-2H3,(H,32,36)(H,33,35). The van der Waals surface area contributed by atoms with E-state index < -0.39 is 0 Å². The Labute approximate surface area is 247 Å². The Bertz CT molecular complexity index is 1560. The highest BCUT2D eigenvalue weighted by Gasteiger charge is 2.27. The van der Waals surface area contributed by atoms with E-state index in [4.69, 9.17) is 9.47 Å². The lowest BCUT2D eigenvalue weighted by atomic mass is 9.95. The number of aryl methyl sites for hydroxylation is 1. The number of thiophene rings is 1. The van der Waals surface area contributed by atoms with Gasteiger partial charge in [0.2, 0.25) is 5.91 Å². The van der Waals surface area contributed by atoms with Gasteiger partial charge in [-0.05, 0) is 68.5 Å². The summed E-state index contributed by atoms with van der Waals surface area (Å²) < 4.78 is 12.6. The molecule has 0 aliphatic heterocycles. The molecule has 0 bridgehead atoms. The molecule has 0 fully saturated rings. The molecule has 0 unspecified atom stereocenters. The van der Waals surface area contributed by atoms with Crippen molar-refractivity contribution in [3.05, 3.63) is 76.3 Å². The van der Waals surface area contributed by atoms with E-state index in [9.17, 15) is 14.4 Å². The minimum Gasteiger partial charge on any atom is -0.497 e. The van der Waals surface area contributed by atoms with Crippen LogP contribution in [0.2, 0.25) is 0 Å². The number of aromatic nitrogens is 1. The van der Waals surface area contributed by atoms with E-state index >= 15 is 0 Å². The second kappa shape index (κ2) is 13.3. The van der Waals surface area contributed by atoms with Crippen molar-refractivity contribution in [2.75, 3.05) is 31.3 Å². The number of fused-ring (bicyclic) bond motifs is 2. The SMILES string of the molecule is CCOC(=O)c1c(NC(=O)CSc2cn(CCNC(=O)c3ccc(OC)cc3)c3ccccc23)sc2c1CCCC2. The van der Waals surface area contributed by atoms with Gasteiger partial charge in [-0.15, -0.1) is 23.1 Å². The number of hydrogen-bond donors (Lipinski definition) is 2. The molecule has 2 aromatic carbocycles. The van der Waals surface area contributed by atoms with Crippen LogP contribution in [0.3, 0.4) is 0 Å². The van der Waals surface area contributed by atoms with Gasteiger partial charge in [0, 0.05) is 45.5 Å². The number of ether oxygens (including phenoxy) is 2. The first-order valence-corrected chi connectivity index (χ1v) is 15.5. The monoisotopic (exact) mass is 591 g/mol. The Hall–Kier alpha value is -3.76. The van der Waals surface area contributed by atoms with Crippen molar-refractivity contribution in [1.82, 2.24) is 9.88 Å². The van der Waals surface area contributed by atoms with Crippen LogP contribution in [0, 0.1) is 0 Å². The maximum Gasteiger partial charge on any atom is 0.341 e. The molecular formula is C31H33N3O5S2. The van der Waals surface area contributed by atoms with Gasteiger partial charge >= 0.3 is 5.97 Å². The van der Waals surface area contributed by atoms with Gasteiger partial charge in [0.25, 0.3) is 5.91 Å². The van der Waals surface area contributed by atoms with E-state index in [0.717, 1.165) is 47.0 Å². The molecule has 4 aromatic rings. The smallest absolute Gasteiger partial charge is 0.341 e. The molecule has 2 heterocycles. The highest BCUT2D eigenvalue weighted by Crippen LogP contribution is 2.39. The van der Waals surface area contributed by atoms with Crippen LogP contribution in [-0.4, -0.2) is 48.4 Å². The van der Waals surface area contributed by atoms with Gasteiger partial charge in [0.05, 0.1) is 25.0 Å². The van der Waals surface area contributed by atoms with E-state index in [1.165, 1.54) is 28.0 Å². The maximum atomic E-state index is 13.1. The quantitative estimate of drug-likeness (QED) is 0.166. The number of thioether (sulfide) groups is 1. The van der Waals surface area contributed by atoms with Crippen molar-refractivity contribution >= 4 is 56.8 Å². The number of para-hydroxylation sites is 1. The van der Waals surface area contributed by atoms with E-state index in [0.29, 0.717) is 41.6 Å². The summed E-state index contributed by atoms with van der Waals surface area (Å²) in [6.45, 7) is 3.12. The molecule has 1 aliphatic carbocycles. The predicted molar refractivity (Wildman–Crippen MR) is 164 cm³/mol. The third-order valence-corrected chi connectivity index (χ3v) is 9.26. The summed E-state index contributed by atoms with van der Waals surface area (Å²) in [4.78, 5) is 40.5. The van der Waals surface area contributed by atoms with Crippen molar-refractivity contribution in [2.24, 2.45) is 0 Å². The van der Waals surface area contributed by atoms with Gasteiger partial charge < -0.3 is 24.7 Å². The molecular weight excluding hydrogens is 558 g/mol. The molecule has 2 amide bonds. The highest BCUT2D eigenvalue weighted by molar-refractivity contribution is 8.00. The number of anilines is 1. The van der Waals surface area contributed by atoms with E-state index in [-0.39, 0.29) is 23.5 Å². The summed E-state index contributed by atoms with van der Waals surface area (Å²) in [5.74, 6) is 0.230. The molecule has 41 heavy (non-hydrogen) atoms. The van der Waals surface area contributed by atoms with Crippen molar-refractivity contribution < 1.29 is 23.9 Å². The lowest BCUT2D eigenvalue weighted by Crippen LogP contribution is -2.27. The lowest BCUT2D eigenvalue weighted by molar-refractivity contribution is -0.113. The molecule has 2 aromatic heterocycles. The van der Waals surface area contributed by atoms with E-state index in [1.54, 1.807) is 38.3 Å². The van der Waals surface area contributed by atoms with Crippen LogP contribution < -0.4 is 15.4 Å². The second-order valence-electron chi connectivity index (χ2n) is 9.66. The second-order valence-corrected chi connectivity index (χ2v) is 11.8. The molecule has 0 spiro atoms. The number of nitrogens with zero attached hydrogens (tertiary/aromatic N) is 1. The zero-order valence-electron chi connectivity index (χ0n) is 23.2. The van der Waals surface area contributed by atoms with Crippen molar-refractivity contribution in [3.63, 3.8) is 0 Å². The number of methoxy groups -OCH3 is 1. The van der Waals surface area contributed by atoms with Crippen LogP contribution in [0.15, 0.2) is 59.6 Å². The average molecular weight is 592 g/mol. The number of esters is 1. The molecule has 0 radical (unpaired) electrons. The number of nitrogens with one attached hydrogen (secondary N) is 2. The number of amides is 2. The number of carbonyl (C=O) groups excluding carboxylic acids is 3. The summed E-state index contributed by atoms with van der Waals surface area (Å²) >= 11 is 2.95. The molecule has 214 valence electrons. The number of hydrogen-bond acceptors (Lipinski definition) is 7. The summed E-state index contributed by atoms with van der Waals surface area (Å²) in [7, 11) is 1.59. The third-order valence-electron chi connectivity index (χ3n) is 7.01. The van der Waals surface area contributed by atoms with Gasteiger partial charge in [-0.1, -0.05) is 18.2 Å². The molecule has 0 atom stereocenters. The largest absolute Gasteiger partial charge is 0.497 e. The normalized spacial score (nSPS) is 12.5. The van der Waals surface area contributed by atoms with Crippen LogP contribution in [-0.2, 0) is 28.9 Å². The number of benzene rings is 2. The summed E-state index contributed by atoms with van der Waals surface area (Å²) in [5.41, 5.74) is 3.16. The van der Waals surface area contributed by atoms with Crippen molar-refractivity contribution in [2.45, 2.75) is 44.0 Å². The summed E-state index contributed by atoms with van der Waals surface area (Å²) in [6.07, 6.45) is 5.92. The Morgan fingerprint density at radius 1 is 1.05 bits per heavy atom. The van der Waals surface area contributed by atoms with Crippen molar-refractivity contribution in [3.8, 4) is 5.75 Å². The molecule has 10 heteroatoms. The molecule has 5 rings (SSSR count). The Morgan fingerprint density at radius 3 is 2.61 bits per heavy atom. The fourth-order valence-corrected chi connectivity index (χ4v) is 7.21. The summed E-state index contributed by atoms with van der Waals surface area (Å²) in [5, 5.41) is 7.61. The summed E-state index contributed by atoms with van der Waals surface area (Å²) in [6, 6.07) is 15.0. The first-order valence-electron chi connectivity index (χ1n) is 13.7. The molecule has 1 aliphatic rings. The number of rotatable bonds is 11. The molecule has 2 N–H and O–H groups in total. The first-order chi connectivity index (χ1) is 20.0. The van der Waals surface area contributed by atoms with Gasteiger partial charge in [-0.3, -0.25) is 9.59 Å². The zero-order valence-corrected chi connectivity index (χ0v) is 24.8. The molecule has 8 nitrogen and oxygen atoms in total. The van der Waals surface area contributed by atoms with Crippen molar-refractivity contribution in [1.29, 1.82) is 0 Å². The van der Waals surface area contributed by atoms with Gasteiger partial charge in [-0.25, -0.2) is 4.79 Å². The average Bonchev–Trinajstić information content (AvgIpc) is 3.54. The van der Waals surface area contributed by atoms with Crippen LogP contribution in [0.1, 0.15) is 50.9 Å². The Balaban J connectivity index is 1.23. The van der Waals surface area contributed by atoms with Gasteiger partial charge in [0.1, 0.15) is 10.8 Å². The van der Waals surface area contributed by atoms with Gasteiger partial charge in [-0.2, -0.15) is 0 Å². The topological polar surface area (TPSA) is 98.7 Å². The zero-order chi connectivity index (χ0) is 28.8. The highest BCUT2D eigenvalue weighted by atomic mass is 32.2. The van der Waals surface area contributed by atoms with Crippen LogP contribution in [0.5, 0.6) is 5.75 Å². The van der Waals surface area contributed by atoms with Crippen LogP contribution in [0.25, 0.3) is 10.9 Å². The van der Waals surface area contributed by atoms with Crippen LogP contribution >= 0.6 is 23.1 Å². The van der Waals surface area contributed by atoms with Crippen LogP contribution in [0.4, 0.5) is 5.00 Å². The molecule has 0 saturated heterocycles. The van der Waals surface area contributed by atoms with E-state index in [2.05, 4.69) is 15.2 Å². The predicted octanol–water partition coefficient (Wildman–Crippen LogP) is 5.93. The van der Waals surface area contributed by atoms with Gasteiger partial charge in [0.15, 0.2) is 0 Å². The first kappa shape index (κ1) is 28.8. The number of carbonyl (C=O) groups is 3. The minimum atomic E-state index is -0.364.